The second-order valence-corrected chi connectivity index (χ2v) is 3.49. The van der Waals surface area contributed by atoms with E-state index in [1.807, 2.05) is 5.59 Å². The van der Waals surface area contributed by atoms with Crippen LogP contribution in [0.5, 0.6) is 0 Å². The Morgan fingerprint density at radius 2 is 2.14 bits per heavy atom. The Kier molecular flexibility index (Phi) is 8.51. The number of hydrogen-bond acceptors (Lipinski definition) is 5. The topological polar surface area (TPSA) is 73.6 Å². The van der Waals surface area contributed by atoms with E-state index in [2.05, 4.69) is 18.7 Å². The Morgan fingerprint density at radius 1 is 1.43 bits per heavy atom. The van der Waals surface area contributed by atoms with Crippen molar-refractivity contribution in [2.75, 3.05) is 13.2 Å². The highest BCUT2D eigenvalue weighted by Gasteiger charge is 2.01. The molecule has 0 radical (unpaired) electrons. The van der Waals surface area contributed by atoms with E-state index >= 15 is 0 Å². The Balaban J connectivity index is 3.09. The molecule has 0 aliphatic carbocycles. The van der Waals surface area contributed by atoms with Gasteiger partial charge in [-0.2, -0.15) is 0 Å². The third kappa shape index (κ3) is 9.44. The van der Waals surface area contributed by atoms with Gasteiger partial charge in [-0.25, -0.2) is 5.84 Å². The molecule has 5 heteroatoms. The highest BCUT2D eigenvalue weighted by molar-refractivity contribution is 5.69. The van der Waals surface area contributed by atoms with E-state index in [1.165, 1.54) is 0 Å². The fourth-order valence-electron chi connectivity index (χ4n) is 0.968. The van der Waals surface area contributed by atoms with Crippen LogP contribution in [0, 0.1) is 5.92 Å². The molecule has 0 spiro atoms. The zero-order valence-electron chi connectivity index (χ0n) is 8.91. The number of hydrazine groups is 1. The molecule has 0 heterocycles. The second kappa shape index (κ2) is 8.93. The first-order valence-electron chi connectivity index (χ1n) is 4.89. The fourth-order valence-corrected chi connectivity index (χ4v) is 0.968. The maximum absolute atomic E-state index is 10.7. The lowest BCUT2D eigenvalue weighted by Crippen LogP contribution is -2.26. The van der Waals surface area contributed by atoms with Gasteiger partial charge < -0.3 is 9.57 Å². The number of ether oxygens (including phenoxy) is 1. The van der Waals surface area contributed by atoms with Crippen molar-refractivity contribution < 1.29 is 14.4 Å². The first-order chi connectivity index (χ1) is 6.66. The Hall–Kier alpha value is -0.650. The monoisotopic (exact) mass is 204 g/mol. The maximum atomic E-state index is 10.7. The van der Waals surface area contributed by atoms with Gasteiger partial charge in [0.2, 0.25) is 0 Å². The van der Waals surface area contributed by atoms with Crippen LogP contribution in [-0.2, 0) is 14.4 Å². The van der Waals surface area contributed by atoms with Crippen LogP contribution in [0.1, 0.15) is 33.1 Å². The first-order valence-corrected chi connectivity index (χ1v) is 4.89. The molecule has 0 aliphatic heterocycles. The van der Waals surface area contributed by atoms with E-state index < -0.39 is 5.97 Å². The van der Waals surface area contributed by atoms with Crippen LogP contribution in [-0.4, -0.2) is 19.2 Å². The summed E-state index contributed by atoms with van der Waals surface area (Å²) in [4.78, 5) is 15.0. The molecule has 0 aromatic heterocycles. The molecule has 0 aromatic rings. The normalized spacial score (nSPS) is 10.6. The standard InChI is InChI=1S/C9H20N2O3/c1-8(2)4-3-6-13-7-5-9(12)14-11-10/h8,11H,3-7,10H2,1-2H3. The van der Waals surface area contributed by atoms with Crippen molar-refractivity contribution in [1.82, 2.24) is 5.59 Å². The average Bonchev–Trinajstić information content (AvgIpc) is 2.11. The van der Waals surface area contributed by atoms with E-state index in [4.69, 9.17) is 10.6 Å². The van der Waals surface area contributed by atoms with Crippen LogP contribution in [0.25, 0.3) is 0 Å². The number of nitrogens with two attached hydrogens (primary N) is 1. The lowest BCUT2D eigenvalue weighted by atomic mass is 10.1. The van der Waals surface area contributed by atoms with Crippen LogP contribution in [0.15, 0.2) is 0 Å². The van der Waals surface area contributed by atoms with Crippen LogP contribution in [0.4, 0.5) is 0 Å². The molecule has 0 unspecified atom stereocenters. The summed E-state index contributed by atoms with van der Waals surface area (Å²) in [7, 11) is 0. The molecule has 0 aliphatic rings. The fraction of sp³-hybridized carbons (Fsp3) is 0.889. The summed E-state index contributed by atoms with van der Waals surface area (Å²) in [5.74, 6) is 5.07. The van der Waals surface area contributed by atoms with Gasteiger partial charge >= 0.3 is 5.97 Å². The lowest BCUT2D eigenvalue weighted by Gasteiger charge is -2.05. The minimum Gasteiger partial charge on any atom is -0.381 e. The van der Waals surface area contributed by atoms with E-state index in [9.17, 15) is 4.79 Å². The zero-order chi connectivity index (χ0) is 10.8. The molecule has 14 heavy (non-hydrogen) atoms. The van der Waals surface area contributed by atoms with E-state index in [-0.39, 0.29) is 6.42 Å². The van der Waals surface area contributed by atoms with Gasteiger partial charge in [-0.15, -0.1) is 0 Å². The summed E-state index contributed by atoms with van der Waals surface area (Å²) in [5, 5.41) is 0. The third-order valence-electron chi connectivity index (χ3n) is 1.69. The first kappa shape index (κ1) is 13.4. The molecule has 0 rings (SSSR count). The molecule has 0 aromatic carbocycles. The van der Waals surface area contributed by atoms with Crippen molar-refractivity contribution in [3.8, 4) is 0 Å². The van der Waals surface area contributed by atoms with Gasteiger partial charge in [-0.1, -0.05) is 19.4 Å². The SMILES string of the molecule is CC(C)CCCOCCC(=O)ONN. The Morgan fingerprint density at radius 3 is 2.71 bits per heavy atom. The second-order valence-electron chi connectivity index (χ2n) is 3.49. The van der Waals surface area contributed by atoms with E-state index in [1.54, 1.807) is 0 Å². The molecule has 0 atom stereocenters. The summed E-state index contributed by atoms with van der Waals surface area (Å²) < 4.78 is 5.23. The van der Waals surface area contributed by atoms with Gasteiger partial charge in [0, 0.05) is 6.61 Å². The van der Waals surface area contributed by atoms with Gasteiger partial charge in [0.15, 0.2) is 0 Å². The van der Waals surface area contributed by atoms with Crippen LogP contribution >= 0.6 is 0 Å². The molecule has 0 fully saturated rings. The summed E-state index contributed by atoms with van der Waals surface area (Å²) in [6.07, 6.45) is 2.41. The Bertz CT molecular complexity index is 151. The number of hydrogen-bond donors (Lipinski definition) is 2. The van der Waals surface area contributed by atoms with Crippen molar-refractivity contribution in [2.24, 2.45) is 11.8 Å². The predicted molar refractivity (Wildman–Crippen MR) is 52.9 cm³/mol. The van der Waals surface area contributed by atoms with Gasteiger partial charge in [0.25, 0.3) is 0 Å². The number of rotatable bonds is 8. The van der Waals surface area contributed by atoms with Crippen molar-refractivity contribution in [2.45, 2.75) is 33.1 Å². The van der Waals surface area contributed by atoms with Crippen LogP contribution < -0.4 is 11.4 Å². The highest BCUT2D eigenvalue weighted by atomic mass is 16.7. The predicted octanol–water partition coefficient (Wildman–Crippen LogP) is 0.751. The molecule has 3 N–H and O–H groups in total. The molecule has 0 bridgehead atoms. The minimum atomic E-state index is -0.406. The van der Waals surface area contributed by atoms with Gasteiger partial charge in [-0.3, -0.25) is 4.79 Å². The summed E-state index contributed by atoms with van der Waals surface area (Å²) in [6, 6.07) is 0. The molecule has 5 nitrogen and oxygen atoms in total. The molecule has 0 saturated heterocycles. The molecule has 0 amide bonds. The summed E-state index contributed by atoms with van der Waals surface area (Å²) in [5.41, 5.74) is 1.83. The average molecular weight is 204 g/mol. The van der Waals surface area contributed by atoms with Crippen molar-refractivity contribution in [1.29, 1.82) is 0 Å². The summed E-state index contributed by atoms with van der Waals surface area (Å²) in [6.45, 7) is 5.43. The molecular weight excluding hydrogens is 184 g/mol. The van der Waals surface area contributed by atoms with Crippen molar-refractivity contribution >= 4 is 5.97 Å². The van der Waals surface area contributed by atoms with E-state index in [0.717, 1.165) is 12.8 Å². The zero-order valence-corrected chi connectivity index (χ0v) is 8.91. The Labute approximate surface area is 84.9 Å². The maximum Gasteiger partial charge on any atom is 0.328 e. The molecule has 84 valence electrons. The van der Waals surface area contributed by atoms with Gasteiger partial charge in [0.05, 0.1) is 13.0 Å². The lowest BCUT2D eigenvalue weighted by molar-refractivity contribution is -0.152. The highest BCUT2D eigenvalue weighted by Crippen LogP contribution is 2.03. The van der Waals surface area contributed by atoms with Crippen LogP contribution in [0.2, 0.25) is 0 Å². The molecular formula is C9H20N2O3. The quantitative estimate of drug-likeness (QED) is 0.347. The molecule has 0 saturated carbocycles. The largest absolute Gasteiger partial charge is 0.381 e. The van der Waals surface area contributed by atoms with Gasteiger partial charge in [0.1, 0.15) is 0 Å². The smallest absolute Gasteiger partial charge is 0.328 e. The summed E-state index contributed by atoms with van der Waals surface area (Å²) >= 11 is 0. The van der Waals surface area contributed by atoms with Crippen molar-refractivity contribution in [3.05, 3.63) is 0 Å². The van der Waals surface area contributed by atoms with Crippen LogP contribution in [0.3, 0.4) is 0 Å². The van der Waals surface area contributed by atoms with Crippen molar-refractivity contribution in [3.63, 3.8) is 0 Å². The number of carbonyl (C=O) groups excluding carboxylic acids is 1. The number of carbonyl (C=O) groups is 1. The van der Waals surface area contributed by atoms with Gasteiger partial charge in [-0.05, 0) is 18.8 Å². The third-order valence-corrected chi connectivity index (χ3v) is 1.69. The minimum absolute atomic E-state index is 0.228. The number of nitrogens with one attached hydrogen (secondary N) is 1. The van der Waals surface area contributed by atoms with E-state index in [0.29, 0.717) is 19.1 Å².